The van der Waals surface area contributed by atoms with Gasteiger partial charge in [0.25, 0.3) is 5.69 Å². The molecule has 1 aromatic carbocycles. The maximum Gasteiger partial charge on any atom is 0.269 e. The first-order chi connectivity index (χ1) is 9.56. The summed E-state index contributed by atoms with van der Waals surface area (Å²) in [6.45, 7) is 4.23. The lowest BCUT2D eigenvalue weighted by Crippen LogP contribution is -2.31. The Bertz CT molecular complexity index is 525. The van der Waals surface area contributed by atoms with Crippen LogP contribution in [0, 0.1) is 22.0 Å². The van der Waals surface area contributed by atoms with E-state index in [2.05, 4.69) is 11.8 Å². The molecule has 0 aromatic heterocycles. The molecule has 1 aromatic rings. The Morgan fingerprint density at radius 3 is 2.81 bits per heavy atom. The third-order valence-electron chi connectivity index (χ3n) is 5.05. The van der Waals surface area contributed by atoms with Gasteiger partial charge in [0.1, 0.15) is 0 Å². The van der Waals surface area contributed by atoms with Crippen molar-refractivity contribution in [1.29, 1.82) is 0 Å². The summed E-state index contributed by atoms with van der Waals surface area (Å²) in [4.78, 5) is 13.0. The van der Waals surface area contributed by atoms with E-state index in [0.29, 0.717) is 17.9 Å². The van der Waals surface area contributed by atoms with Gasteiger partial charge in [0.05, 0.1) is 4.92 Å². The van der Waals surface area contributed by atoms with Gasteiger partial charge in [-0.2, -0.15) is 0 Å². The van der Waals surface area contributed by atoms with Crippen molar-refractivity contribution in [3.05, 3.63) is 39.9 Å². The van der Waals surface area contributed by atoms with E-state index in [0.717, 1.165) is 25.1 Å². The largest absolute Gasteiger partial charge is 0.327 e. The maximum absolute atomic E-state index is 10.9. The molecular weight excluding hydrogens is 290 g/mol. The minimum absolute atomic E-state index is 0. The number of nitrogens with two attached hydrogens (primary N) is 1. The monoisotopic (exact) mass is 311 g/mol. The maximum atomic E-state index is 10.9. The Morgan fingerprint density at radius 2 is 2.14 bits per heavy atom. The highest BCUT2D eigenvalue weighted by molar-refractivity contribution is 5.85. The van der Waals surface area contributed by atoms with Crippen molar-refractivity contribution < 1.29 is 4.92 Å². The second-order valence-electron chi connectivity index (χ2n) is 6.15. The van der Waals surface area contributed by atoms with Gasteiger partial charge in [-0.25, -0.2) is 0 Å². The number of likely N-dealkylation sites (tertiary alicyclic amines) is 1. The minimum atomic E-state index is -0.329. The van der Waals surface area contributed by atoms with E-state index in [1.54, 1.807) is 18.2 Å². The second-order valence-corrected chi connectivity index (χ2v) is 6.15. The van der Waals surface area contributed by atoms with E-state index in [1.807, 2.05) is 6.07 Å². The molecule has 2 N–H and O–H groups in total. The Labute approximate surface area is 131 Å². The molecule has 1 saturated carbocycles. The molecule has 1 aliphatic carbocycles. The number of fused-ring (bicyclic) bond motifs is 1. The van der Waals surface area contributed by atoms with E-state index in [1.165, 1.54) is 6.42 Å². The Hall–Kier alpha value is -1.17. The molecule has 4 atom stereocenters. The number of rotatable bonds is 3. The molecule has 4 unspecified atom stereocenters. The molecule has 1 heterocycles. The number of nitro groups is 1. The fraction of sp³-hybridized carbons (Fsp3) is 0.600. The van der Waals surface area contributed by atoms with Crippen molar-refractivity contribution in [2.45, 2.75) is 31.8 Å². The number of hydrogen-bond donors (Lipinski definition) is 1. The van der Waals surface area contributed by atoms with Gasteiger partial charge >= 0.3 is 0 Å². The molecule has 0 bridgehead atoms. The quantitative estimate of drug-likeness (QED) is 0.688. The highest BCUT2D eigenvalue weighted by Crippen LogP contribution is 2.40. The zero-order valence-corrected chi connectivity index (χ0v) is 13.0. The van der Waals surface area contributed by atoms with Crippen molar-refractivity contribution in [3.63, 3.8) is 0 Å². The van der Waals surface area contributed by atoms with Crippen molar-refractivity contribution in [1.82, 2.24) is 4.90 Å². The van der Waals surface area contributed by atoms with Crippen LogP contribution in [0.4, 0.5) is 5.69 Å². The molecule has 2 fully saturated rings. The number of nitrogens with zero attached hydrogens (tertiary/aromatic N) is 2. The first-order valence-electron chi connectivity index (χ1n) is 7.30. The van der Waals surface area contributed by atoms with Crippen LogP contribution in [0.1, 0.15) is 31.4 Å². The normalized spacial score (nSPS) is 29.7. The van der Waals surface area contributed by atoms with Crippen LogP contribution in [-0.4, -0.2) is 29.0 Å². The van der Waals surface area contributed by atoms with Gasteiger partial charge in [-0.05, 0) is 37.2 Å². The number of non-ortho nitro benzene ring substituents is 1. The molecule has 1 saturated heterocycles. The predicted molar refractivity (Wildman–Crippen MR) is 84.5 cm³/mol. The molecule has 0 radical (unpaired) electrons. The van der Waals surface area contributed by atoms with Crippen LogP contribution in [0.25, 0.3) is 0 Å². The number of benzene rings is 1. The van der Waals surface area contributed by atoms with Crippen LogP contribution in [0.2, 0.25) is 0 Å². The average molecular weight is 312 g/mol. The van der Waals surface area contributed by atoms with E-state index >= 15 is 0 Å². The molecule has 6 heteroatoms. The lowest BCUT2D eigenvalue weighted by Gasteiger charge is -2.26. The van der Waals surface area contributed by atoms with E-state index in [4.69, 9.17) is 5.73 Å². The van der Waals surface area contributed by atoms with Gasteiger partial charge in [-0.1, -0.05) is 12.1 Å². The zero-order chi connectivity index (χ0) is 14.3. The molecule has 116 valence electrons. The average Bonchev–Trinajstić information content (AvgIpc) is 3.01. The third-order valence-corrected chi connectivity index (χ3v) is 5.05. The molecular formula is C15H22ClN3O2. The highest BCUT2D eigenvalue weighted by Gasteiger charge is 2.42. The van der Waals surface area contributed by atoms with Crippen molar-refractivity contribution in [2.24, 2.45) is 17.6 Å². The third kappa shape index (κ3) is 3.05. The first-order valence-corrected chi connectivity index (χ1v) is 7.30. The van der Waals surface area contributed by atoms with Crippen LogP contribution in [0.3, 0.4) is 0 Å². The van der Waals surface area contributed by atoms with E-state index in [-0.39, 0.29) is 29.1 Å². The number of hydrogen-bond acceptors (Lipinski definition) is 4. The fourth-order valence-electron chi connectivity index (χ4n) is 3.77. The Morgan fingerprint density at radius 1 is 1.38 bits per heavy atom. The summed E-state index contributed by atoms with van der Waals surface area (Å²) in [5.74, 6) is 1.32. The van der Waals surface area contributed by atoms with Gasteiger partial charge in [0, 0.05) is 37.3 Å². The molecule has 1 aliphatic heterocycles. The van der Waals surface area contributed by atoms with Gasteiger partial charge in [-0.3, -0.25) is 15.0 Å². The molecule has 0 amide bonds. The van der Waals surface area contributed by atoms with Crippen molar-refractivity contribution in [2.75, 3.05) is 13.1 Å². The molecule has 5 nitrogen and oxygen atoms in total. The summed E-state index contributed by atoms with van der Waals surface area (Å²) >= 11 is 0. The van der Waals surface area contributed by atoms with E-state index < -0.39 is 0 Å². The Kier molecular flexibility index (Phi) is 4.86. The van der Waals surface area contributed by atoms with Crippen LogP contribution in [-0.2, 0) is 0 Å². The summed E-state index contributed by atoms with van der Waals surface area (Å²) in [6, 6.07) is 7.54. The molecule has 21 heavy (non-hydrogen) atoms. The first kappa shape index (κ1) is 16.2. The van der Waals surface area contributed by atoms with Crippen molar-refractivity contribution in [3.8, 4) is 0 Å². The standard InChI is InChI=1S/C15H21N3O2.ClH/c1-10(11-3-2-4-13(7-11)18(19)20)17-8-12-5-6-15(16)14(12)9-17;/h2-4,7,10,12,14-15H,5-6,8-9,16H2,1H3;1H. The summed E-state index contributed by atoms with van der Waals surface area (Å²) < 4.78 is 0. The smallest absolute Gasteiger partial charge is 0.269 e. The SMILES string of the molecule is CC(c1cccc([N+](=O)[O-])c1)N1CC2CCC(N)C2C1.Cl. The van der Waals surface area contributed by atoms with Gasteiger partial charge in [-0.15, -0.1) is 12.4 Å². The molecule has 0 spiro atoms. The summed E-state index contributed by atoms with van der Waals surface area (Å²) in [5.41, 5.74) is 7.36. The molecule has 3 rings (SSSR count). The van der Waals surface area contributed by atoms with Crippen LogP contribution < -0.4 is 5.73 Å². The lowest BCUT2D eigenvalue weighted by atomic mass is 9.98. The zero-order valence-electron chi connectivity index (χ0n) is 12.1. The predicted octanol–water partition coefficient (Wildman–Crippen LogP) is 2.75. The van der Waals surface area contributed by atoms with Crippen molar-refractivity contribution >= 4 is 18.1 Å². The second kappa shape index (κ2) is 6.30. The number of halogens is 1. The van der Waals surface area contributed by atoms with E-state index in [9.17, 15) is 10.1 Å². The number of nitro benzene ring substituents is 1. The van der Waals surface area contributed by atoms with Gasteiger partial charge in [0.2, 0.25) is 0 Å². The molecule has 2 aliphatic rings. The lowest BCUT2D eigenvalue weighted by molar-refractivity contribution is -0.384. The summed E-state index contributed by atoms with van der Waals surface area (Å²) in [5, 5.41) is 10.9. The fourth-order valence-corrected chi connectivity index (χ4v) is 3.77. The summed E-state index contributed by atoms with van der Waals surface area (Å²) in [6.07, 6.45) is 2.37. The van der Waals surface area contributed by atoms with Gasteiger partial charge < -0.3 is 5.73 Å². The summed E-state index contributed by atoms with van der Waals surface area (Å²) in [7, 11) is 0. The topological polar surface area (TPSA) is 72.4 Å². The van der Waals surface area contributed by atoms with Gasteiger partial charge in [0.15, 0.2) is 0 Å². The van der Waals surface area contributed by atoms with Crippen LogP contribution in [0.5, 0.6) is 0 Å². The minimum Gasteiger partial charge on any atom is -0.327 e. The van der Waals surface area contributed by atoms with Crippen LogP contribution >= 0.6 is 12.4 Å². The Balaban J connectivity index is 0.00000161. The highest BCUT2D eigenvalue weighted by atomic mass is 35.5. The van der Waals surface area contributed by atoms with Crippen LogP contribution in [0.15, 0.2) is 24.3 Å².